The molecule has 0 bridgehead atoms. The van der Waals surface area contributed by atoms with Gasteiger partial charge in [0.2, 0.25) is 5.91 Å². The Labute approximate surface area is 134 Å². The van der Waals surface area contributed by atoms with Gasteiger partial charge in [0, 0.05) is 29.9 Å². The van der Waals surface area contributed by atoms with Crippen molar-refractivity contribution in [2.24, 2.45) is 0 Å². The maximum absolute atomic E-state index is 11.6. The summed E-state index contributed by atoms with van der Waals surface area (Å²) in [6.45, 7) is 5.62. The number of rotatable bonds is 2. The maximum atomic E-state index is 11.6. The number of nitrogens with zero attached hydrogens (tertiary/aromatic N) is 3. The highest BCUT2D eigenvalue weighted by molar-refractivity contribution is 6.33. The fourth-order valence-electron chi connectivity index (χ4n) is 2.50. The zero-order valence-electron chi connectivity index (χ0n) is 12.6. The second-order valence-electron chi connectivity index (χ2n) is 5.33. The third kappa shape index (κ3) is 2.76. The largest absolute Gasteiger partial charge is 0.353 e. The van der Waals surface area contributed by atoms with Crippen molar-refractivity contribution in [1.82, 2.24) is 15.3 Å². The molecule has 114 valence electrons. The van der Waals surface area contributed by atoms with E-state index in [2.05, 4.69) is 15.3 Å². The molecule has 1 aliphatic rings. The first-order valence-electron chi connectivity index (χ1n) is 7.18. The monoisotopic (exact) mass is 316 g/mol. The van der Waals surface area contributed by atoms with Gasteiger partial charge < -0.3 is 10.2 Å². The number of aryl methyl sites for hydroxylation is 1. The van der Waals surface area contributed by atoms with Crippen LogP contribution in [0.5, 0.6) is 0 Å². The van der Waals surface area contributed by atoms with E-state index in [9.17, 15) is 4.79 Å². The van der Waals surface area contributed by atoms with Crippen molar-refractivity contribution in [3.63, 3.8) is 0 Å². The summed E-state index contributed by atoms with van der Waals surface area (Å²) in [7, 11) is 0. The summed E-state index contributed by atoms with van der Waals surface area (Å²) in [6.07, 6.45) is 0. The summed E-state index contributed by atoms with van der Waals surface area (Å²) < 4.78 is 0. The minimum atomic E-state index is 0.0150. The zero-order chi connectivity index (χ0) is 15.7. The molecule has 1 amide bonds. The minimum absolute atomic E-state index is 0.0150. The Morgan fingerprint density at radius 3 is 2.73 bits per heavy atom. The van der Waals surface area contributed by atoms with E-state index in [1.54, 1.807) is 0 Å². The summed E-state index contributed by atoms with van der Waals surface area (Å²) >= 11 is 6.25. The van der Waals surface area contributed by atoms with E-state index >= 15 is 0 Å². The third-order valence-corrected chi connectivity index (χ3v) is 4.15. The van der Waals surface area contributed by atoms with Crippen LogP contribution in [0.3, 0.4) is 0 Å². The van der Waals surface area contributed by atoms with Crippen LogP contribution in [0.15, 0.2) is 24.3 Å². The third-order valence-electron chi connectivity index (χ3n) is 3.82. The van der Waals surface area contributed by atoms with Crippen molar-refractivity contribution in [3.8, 4) is 11.4 Å². The molecule has 5 nitrogen and oxygen atoms in total. The van der Waals surface area contributed by atoms with Gasteiger partial charge in [-0.15, -0.1) is 0 Å². The molecule has 1 aromatic carbocycles. The first-order valence-corrected chi connectivity index (χ1v) is 7.56. The van der Waals surface area contributed by atoms with Crippen molar-refractivity contribution in [3.05, 3.63) is 40.5 Å². The van der Waals surface area contributed by atoms with E-state index in [1.807, 2.05) is 43.0 Å². The second kappa shape index (κ2) is 5.93. The SMILES string of the molecule is Cc1nc(-c2ccccc2Cl)nc(N2CCNC(=O)C2)c1C. The molecule has 0 aliphatic carbocycles. The smallest absolute Gasteiger partial charge is 0.239 e. The molecule has 2 aromatic rings. The Kier molecular flexibility index (Phi) is 3.98. The molecule has 6 heteroatoms. The lowest BCUT2D eigenvalue weighted by molar-refractivity contribution is -0.120. The average Bonchev–Trinajstić information content (AvgIpc) is 2.50. The number of piperazine rings is 1. The van der Waals surface area contributed by atoms with Gasteiger partial charge in [-0.05, 0) is 26.0 Å². The highest BCUT2D eigenvalue weighted by Gasteiger charge is 2.21. The van der Waals surface area contributed by atoms with Crippen LogP contribution in [0.1, 0.15) is 11.3 Å². The summed E-state index contributed by atoms with van der Waals surface area (Å²) in [5.41, 5.74) is 2.69. The number of aromatic nitrogens is 2. The molecule has 1 fully saturated rings. The number of carbonyl (C=O) groups excluding carboxylic acids is 1. The van der Waals surface area contributed by atoms with Crippen molar-refractivity contribution in [1.29, 1.82) is 0 Å². The molecule has 0 spiro atoms. The fraction of sp³-hybridized carbons (Fsp3) is 0.312. The molecule has 2 heterocycles. The molecule has 0 saturated carbocycles. The fourth-order valence-corrected chi connectivity index (χ4v) is 2.72. The summed E-state index contributed by atoms with van der Waals surface area (Å²) in [5.74, 6) is 1.41. The average molecular weight is 317 g/mol. The van der Waals surface area contributed by atoms with Crippen LogP contribution in [0.25, 0.3) is 11.4 Å². The van der Waals surface area contributed by atoms with Gasteiger partial charge in [-0.2, -0.15) is 0 Å². The highest BCUT2D eigenvalue weighted by atomic mass is 35.5. The maximum Gasteiger partial charge on any atom is 0.239 e. The molecule has 0 atom stereocenters. The Bertz CT molecular complexity index is 732. The number of carbonyl (C=O) groups is 1. The van der Waals surface area contributed by atoms with Crippen LogP contribution in [0.2, 0.25) is 5.02 Å². The van der Waals surface area contributed by atoms with Gasteiger partial charge >= 0.3 is 0 Å². The Hall–Kier alpha value is -2.14. The first kappa shape index (κ1) is 14.8. The predicted octanol–water partition coefficient (Wildman–Crippen LogP) is 2.35. The van der Waals surface area contributed by atoms with Crippen LogP contribution in [0, 0.1) is 13.8 Å². The van der Waals surface area contributed by atoms with Crippen LogP contribution in [0.4, 0.5) is 5.82 Å². The van der Waals surface area contributed by atoms with Crippen LogP contribution < -0.4 is 10.2 Å². The molecule has 1 aliphatic heterocycles. The lowest BCUT2D eigenvalue weighted by atomic mass is 10.1. The van der Waals surface area contributed by atoms with Crippen molar-refractivity contribution in [2.75, 3.05) is 24.5 Å². The number of benzene rings is 1. The molecule has 1 saturated heterocycles. The topological polar surface area (TPSA) is 58.1 Å². The van der Waals surface area contributed by atoms with Crippen LogP contribution in [-0.2, 0) is 4.79 Å². The molecule has 0 unspecified atom stereocenters. The highest BCUT2D eigenvalue weighted by Crippen LogP contribution is 2.29. The normalized spacial score (nSPS) is 14.9. The molecule has 3 rings (SSSR count). The summed E-state index contributed by atoms with van der Waals surface area (Å²) in [6, 6.07) is 7.51. The molecule has 0 radical (unpaired) electrons. The van der Waals surface area contributed by atoms with Crippen molar-refractivity contribution in [2.45, 2.75) is 13.8 Å². The van der Waals surface area contributed by atoms with Crippen LogP contribution >= 0.6 is 11.6 Å². The number of hydrogen-bond acceptors (Lipinski definition) is 4. The van der Waals surface area contributed by atoms with Crippen LogP contribution in [-0.4, -0.2) is 35.5 Å². The minimum Gasteiger partial charge on any atom is -0.353 e. The van der Waals surface area contributed by atoms with Gasteiger partial charge in [0.05, 0.1) is 11.6 Å². The number of anilines is 1. The molecule has 1 aromatic heterocycles. The Morgan fingerprint density at radius 2 is 2.00 bits per heavy atom. The Balaban J connectivity index is 2.07. The summed E-state index contributed by atoms with van der Waals surface area (Å²) in [4.78, 5) is 22.9. The van der Waals surface area contributed by atoms with Crippen molar-refractivity contribution < 1.29 is 4.79 Å². The number of amides is 1. The summed E-state index contributed by atoms with van der Waals surface area (Å²) in [5, 5.41) is 3.44. The van der Waals surface area contributed by atoms with Gasteiger partial charge in [-0.1, -0.05) is 23.7 Å². The standard InChI is InChI=1S/C16H17ClN4O/c1-10-11(2)19-15(12-5-3-4-6-13(12)17)20-16(10)21-8-7-18-14(22)9-21/h3-6H,7-9H2,1-2H3,(H,18,22). The van der Waals surface area contributed by atoms with Gasteiger partial charge in [0.15, 0.2) is 5.82 Å². The lowest BCUT2D eigenvalue weighted by Crippen LogP contribution is -2.48. The van der Waals surface area contributed by atoms with Crippen molar-refractivity contribution >= 4 is 23.3 Å². The first-order chi connectivity index (χ1) is 10.6. The molecular weight excluding hydrogens is 300 g/mol. The van der Waals surface area contributed by atoms with E-state index in [-0.39, 0.29) is 5.91 Å². The Morgan fingerprint density at radius 1 is 1.23 bits per heavy atom. The molecular formula is C16H17ClN4O. The van der Waals surface area contributed by atoms with E-state index < -0.39 is 0 Å². The molecule has 22 heavy (non-hydrogen) atoms. The zero-order valence-corrected chi connectivity index (χ0v) is 13.3. The quantitative estimate of drug-likeness (QED) is 0.924. The van der Waals surface area contributed by atoms with Gasteiger partial charge in [-0.25, -0.2) is 9.97 Å². The molecule has 1 N–H and O–H groups in total. The van der Waals surface area contributed by atoms with E-state index in [0.29, 0.717) is 23.9 Å². The van der Waals surface area contributed by atoms with E-state index in [1.165, 1.54) is 0 Å². The van der Waals surface area contributed by atoms with Gasteiger partial charge in [-0.3, -0.25) is 4.79 Å². The van der Waals surface area contributed by atoms with Gasteiger partial charge in [0.25, 0.3) is 0 Å². The van der Waals surface area contributed by atoms with E-state index in [4.69, 9.17) is 11.6 Å². The number of nitrogens with one attached hydrogen (secondary N) is 1. The predicted molar refractivity (Wildman–Crippen MR) is 87.2 cm³/mol. The van der Waals surface area contributed by atoms with Gasteiger partial charge in [0.1, 0.15) is 5.82 Å². The number of halogens is 1. The lowest BCUT2D eigenvalue weighted by Gasteiger charge is -2.29. The number of hydrogen-bond donors (Lipinski definition) is 1. The van der Waals surface area contributed by atoms with E-state index in [0.717, 1.165) is 29.2 Å². The second-order valence-corrected chi connectivity index (χ2v) is 5.74.